The van der Waals surface area contributed by atoms with Gasteiger partial charge in [0.2, 0.25) is 20.0 Å². The van der Waals surface area contributed by atoms with Gasteiger partial charge < -0.3 is 0 Å². The number of benzene rings is 1. The third-order valence-electron chi connectivity index (χ3n) is 4.32. The van der Waals surface area contributed by atoms with Crippen molar-refractivity contribution in [2.45, 2.75) is 23.6 Å². The number of piperazine rings is 1. The van der Waals surface area contributed by atoms with Gasteiger partial charge >= 0.3 is 0 Å². The maximum Gasteiger partial charge on any atom is 0.246 e. The highest BCUT2D eigenvalue weighted by atomic mass is 32.2. The Bertz CT molecular complexity index is 1070. The topological polar surface area (TPSA) is 74.8 Å². The maximum absolute atomic E-state index is 13.9. The third-order valence-corrected chi connectivity index (χ3v) is 9.37. The molecule has 2 heterocycles. The Morgan fingerprint density at radius 3 is 1.81 bits per heavy atom. The molecule has 0 amide bonds. The first-order valence-electron chi connectivity index (χ1n) is 8.06. The standard InChI is InChI=1S/C16H18F2N2O4S3/c1-11-9-16(12(2)25-11)27(23,24)20-7-5-19(6-8-20)26(21,22)15-4-3-13(17)10-14(15)18/h3-4,9-10H,5-8H2,1-2H3. The second kappa shape index (κ2) is 7.21. The van der Waals surface area contributed by atoms with E-state index >= 15 is 0 Å². The van der Waals surface area contributed by atoms with Crippen LogP contribution in [0.1, 0.15) is 9.75 Å². The van der Waals surface area contributed by atoms with Crippen molar-refractivity contribution >= 4 is 31.4 Å². The quantitative estimate of drug-likeness (QED) is 0.737. The Morgan fingerprint density at radius 2 is 1.37 bits per heavy atom. The molecule has 11 heteroatoms. The molecular weight excluding hydrogens is 418 g/mol. The third kappa shape index (κ3) is 3.79. The van der Waals surface area contributed by atoms with Gasteiger partial charge in [0.05, 0.1) is 4.90 Å². The molecule has 0 N–H and O–H groups in total. The predicted molar refractivity (Wildman–Crippen MR) is 97.7 cm³/mol. The second-order valence-corrected chi connectivity index (χ2v) is 11.4. The lowest BCUT2D eigenvalue weighted by Gasteiger charge is -2.33. The summed E-state index contributed by atoms with van der Waals surface area (Å²) in [6.45, 7) is 3.24. The summed E-state index contributed by atoms with van der Waals surface area (Å²) < 4.78 is 80.0. The van der Waals surface area contributed by atoms with Gasteiger partial charge in [-0.3, -0.25) is 0 Å². The molecule has 3 rings (SSSR count). The Kier molecular flexibility index (Phi) is 5.43. The molecule has 1 fully saturated rings. The lowest BCUT2D eigenvalue weighted by atomic mass is 10.3. The number of thiophene rings is 1. The minimum Gasteiger partial charge on any atom is -0.207 e. The minimum absolute atomic E-state index is 0.0429. The lowest BCUT2D eigenvalue weighted by molar-refractivity contribution is 0.272. The Balaban J connectivity index is 1.80. The summed E-state index contributed by atoms with van der Waals surface area (Å²) in [5.74, 6) is -2.04. The van der Waals surface area contributed by atoms with E-state index in [2.05, 4.69) is 0 Å². The van der Waals surface area contributed by atoms with Crippen LogP contribution in [0.15, 0.2) is 34.1 Å². The smallest absolute Gasteiger partial charge is 0.207 e. The fourth-order valence-corrected chi connectivity index (χ4v) is 7.39. The summed E-state index contributed by atoms with van der Waals surface area (Å²) in [4.78, 5) is 1.16. The average Bonchev–Trinajstić information content (AvgIpc) is 2.94. The van der Waals surface area contributed by atoms with E-state index in [1.54, 1.807) is 13.0 Å². The van der Waals surface area contributed by atoms with Crippen LogP contribution in [0.4, 0.5) is 8.78 Å². The van der Waals surface area contributed by atoms with Gasteiger partial charge in [0.1, 0.15) is 16.5 Å². The van der Waals surface area contributed by atoms with Crippen molar-refractivity contribution in [3.63, 3.8) is 0 Å². The van der Waals surface area contributed by atoms with Crippen LogP contribution in [0.2, 0.25) is 0 Å². The number of halogens is 2. The number of hydrogen-bond donors (Lipinski definition) is 0. The van der Waals surface area contributed by atoms with E-state index in [1.807, 2.05) is 6.92 Å². The highest BCUT2D eigenvalue weighted by molar-refractivity contribution is 7.89. The van der Waals surface area contributed by atoms with E-state index in [4.69, 9.17) is 0 Å². The zero-order chi connectivity index (χ0) is 20.0. The number of aryl methyl sites for hydroxylation is 2. The fraction of sp³-hybridized carbons (Fsp3) is 0.375. The number of sulfonamides is 2. The Hall–Kier alpha value is -1.40. The average molecular weight is 437 g/mol. The zero-order valence-electron chi connectivity index (χ0n) is 14.6. The molecule has 0 saturated carbocycles. The van der Waals surface area contributed by atoms with Crippen LogP contribution in [-0.2, 0) is 20.0 Å². The molecule has 1 aromatic heterocycles. The number of hydrogen-bond acceptors (Lipinski definition) is 5. The van der Waals surface area contributed by atoms with E-state index in [9.17, 15) is 25.6 Å². The van der Waals surface area contributed by atoms with Crippen LogP contribution in [0, 0.1) is 25.5 Å². The zero-order valence-corrected chi connectivity index (χ0v) is 17.1. The first-order valence-corrected chi connectivity index (χ1v) is 11.8. The molecule has 0 spiro atoms. The van der Waals surface area contributed by atoms with Crippen LogP contribution >= 0.6 is 11.3 Å². The molecule has 1 aromatic carbocycles. The van der Waals surface area contributed by atoms with Crippen molar-refractivity contribution in [3.05, 3.63) is 45.7 Å². The summed E-state index contributed by atoms with van der Waals surface area (Å²) in [7, 11) is -7.90. The van der Waals surface area contributed by atoms with Crippen molar-refractivity contribution in [1.29, 1.82) is 0 Å². The molecule has 27 heavy (non-hydrogen) atoms. The first-order chi connectivity index (χ1) is 12.5. The van der Waals surface area contributed by atoms with Gasteiger partial charge in [-0.15, -0.1) is 11.3 Å². The molecule has 1 saturated heterocycles. The molecule has 6 nitrogen and oxygen atoms in total. The van der Waals surface area contributed by atoms with Crippen molar-refractivity contribution in [1.82, 2.24) is 8.61 Å². The van der Waals surface area contributed by atoms with Gasteiger partial charge in [-0.1, -0.05) is 0 Å². The van der Waals surface area contributed by atoms with E-state index in [0.29, 0.717) is 10.9 Å². The summed E-state index contributed by atoms with van der Waals surface area (Å²) in [5.41, 5.74) is 0. The maximum atomic E-state index is 13.9. The summed E-state index contributed by atoms with van der Waals surface area (Å²) in [5, 5.41) is 0. The van der Waals surface area contributed by atoms with Crippen molar-refractivity contribution in [3.8, 4) is 0 Å². The highest BCUT2D eigenvalue weighted by Gasteiger charge is 2.35. The van der Waals surface area contributed by atoms with Crippen molar-refractivity contribution in [2.24, 2.45) is 0 Å². The Morgan fingerprint density at radius 1 is 0.852 bits per heavy atom. The summed E-state index contributed by atoms with van der Waals surface area (Å²) in [6, 6.07) is 3.86. The van der Waals surface area contributed by atoms with Gasteiger partial charge in [-0.05, 0) is 32.0 Å². The van der Waals surface area contributed by atoms with E-state index < -0.39 is 36.6 Å². The second-order valence-electron chi connectivity index (χ2n) is 6.16. The van der Waals surface area contributed by atoms with Gasteiger partial charge in [0, 0.05) is 42.0 Å². The molecule has 0 unspecified atom stereocenters. The SMILES string of the molecule is Cc1cc(S(=O)(=O)N2CCN(S(=O)(=O)c3ccc(F)cc3F)CC2)c(C)s1. The molecule has 1 aliphatic rings. The molecule has 0 atom stereocenters. The predicted octanol–water partition coefficient (Wildman–Crippen LogP) is 2.34. The first kappa shape index (κ1) is 20.3. The molecule has 0 radical (unpaired) electrons. The van der Waals surface area contributed by atoms with Crippen LogP contribution in [-0.4, -0.2) is 51.6 Å². The number of nitrogens with zero attached hydrogens (tertiary/aromatic N) is 2. The normalized spacial score (nSPS) is 17.3. The number of rotatable bonds is 4. The van der Waals surface area contributed by atoms with Crippen LogP contribution in [0.5, 0.6) is 0 Å². The van der Waals surface area contributed by atoms with Crippen molar-refractivity contribution in [2.75, 3.05) is 26.2 Å². The Labute approximate surface area is 161 Å². The minimum atomic E-state index is -4.17. The van der Waals surface area contributed by atoms with Crippen LogP contribution in [0.3, 0.4) is 0 Å². The van der Waals surface area contributed by atoms with E-state index in [-0.39, 0.29) is 31.1 Å². The van der Waals surface area contributed by atoms with Gasteiger partial charge in [0.25, 0.3) is 0 Å². The molecule has 0 bridgehead atoms. The largest absolute Gasteiger partial charge is 0.246 e. The molecular formula is C16H18F2N2O4S3. The molecule has 2 aromatic rings. The fourth-order valence-electron chi connectivity index (χ4n) is 2.98. The van der Waals surface area contributed by atoms with E-state index in [1.165, 1.54) is 15.6 Å². The molecule has 0 aliphatic carbocycles. The van der Waals surface area contributed by atoms with E-state index in [0.717, 1.165) is 21.3 Å². The monoisotopic (exact) mass is 436 g/mol. The van der Waals surface area contributed by atoms with Crippen molar-refractivity contribution < 1.29 is 25.6 Å². The molecule has 1 aliphatic heterocycles. The van der Waals surface area contributed by atoms with Gasteiger partial charge in [-0.25, -0.2) is 25.6 Å². The summed E-state index contributed by atoms with van der Waals surface area (Å²) >= 11 is 1.38. The summed E-state index contributed by atoms with van der Waals surface area (Å²) in [6.07, 6.45) is 0. The lowest BCUT2D eigenvalue weighted by Crippen LogP contribution is -2.50. The molecule has 148 valence electrons. The van der Waals surface area contributed by atoms with Gasteiger partial charge in [-0.2, -0.15) is 8.61 Å². The van der Waals surface area contributed by atoms with Gasteiger partial charge in [0.15, 0.2) is 0 Å². The highest BCUT2D eigenvalue weighted by Crippen LogP contribution is 2.29. The van der Waals surface area contributed by atoms with Crippen LogP contribution < -0.4 is 0 Å². The van der Waals surface area contributed by atoms with Crippen LogP contribution in [0.25, 0.3) is 0 Å².